The molecule has 0 unspecified atom stereocenters. The van der Waals surface area contributed by atoms with Gasteiger partial charge < -0.3 is 13.9 Å². The number of pyridine rings is 1. The lowest BCUT2D eigenvalue weighted by Gasteiger charge is -2.29. The summed E-state index contributed by atoms with van der Waals surface area (Å²) in [5.74, 6) is 0.481. The van der Waals surface area contributed by atoms with E-state index in [1.165, 1.54) is 4.90 Å². The zero-order valence-corrected chi connectivity index (χ0v) is 14.9. The molecule has 29 heavy (non-hydrogen) atoms. The normalized spacial score (nSPS) is 15.5. The van der Waals surface area contributed by atoms with E-state index in [9.17, 15) is 18.0 Å². The molecule has 0 aliphatic carbocycles. The minimum Gasteiger partial charge on any atom is -0.339 e. The number of carbonyl (C=O) groups excluding carboxylic acids is 1. The molecule has 4 heterocycles. The van der Waals surface area contributed by atoms with Crippen molar-refractivity contribution in [1.82, 2.24) is 25.2 Å². The molecule has 0 spiro atoms. The lowest BCUT2D eigenvalue weighted by atomic mass is 9.97. The molecule has 1 aliphatic heterocycles. The molecule has 4 rings (SSSR count). The smallest absolute Gasteiger partial charge is 0.339 e. The number of carbonyl (C=O) groups is 1. The summed E-state index contributed by atoms with van der Waals surface area (Å²) in [4.78, 5) is 22.3. The van der Waals surface area contributed by atoms with Gasteiger partial charge in [0.1, 0.15) is 5.69 Å². The molecule has 0 saturated carbocycles. The monoisotopic (exact) mass is 408 g/mol. The summed E-state index contributed by atoms with van der Waals surface area (Å²) in [6.07, 6.45) is -1.86. The summed E-state index contributed by atoms with van der Waals surface area (Å²) >= 11 is 0. The Morgan fingerprint density at radius 1 is 1.17 bits per heavy atom. The van der Waals surface area contributed by atoms with Gasteiger partial charge in [-0.3, -0.25) is 10.3 Å². The maximum atomic E-state index is 12.5. The molecule has 3 aromatic heterocycles. The van der Waals surface area contributed by atoms with Gasteiger partial charge in [-0.25, -0.2) is 4.79 Å². The van der Waals surface area contributed by atoms with E-state index < -0.39 is 17.9 Å². The number of hydrogen-bond acceptors (Lipinski definition) is 7. The molecule has 0 aromatic carbocycles. The second-order valence-electron chi connectivity index (χ2n) is 6.44. The second kappa shape index (κ2) is 7.53. The fraction of sp³-hybridized carbons (Fsp3) is 0.353. The van der Waals surface area contributed by atoms with Crippen molar-refractivity contribution in [3.8, 4) is 11.5 Å². The van der Waals surface area contributed by atoms with E-state index in [0.717, 1.165) is 0 Å². The van der Waals surface area contributed by atoms with Crippen LogP contribution in [0.3, 0.4) is 0 Å². The highest BCUT2D eigenvalue weighted by molar-refractivity contribution is 5.87. The summed E-state index contributed by atoms with van der Waals surface area (Å²) in [5.41, 5.74) is -0.601. The Kier molecular flexibility index (Phi) is 4.91. The molecule has 9 nitrogen and oxygen atoms in total. The Morgan fingerprint density at radius 2 is 1.97 bits per heavy atom. The average Bonchev–Trinajstić information content (AvgIpc) is 3.38. The van der Waals surface area contributed by atoms with Gasteiger partial charge in [-0.1, -0.05) is 16.4 Å². The summed E-state index contributed by atoms with van der Waals surface area (Å²) in [6.45, 7) is 0.746. The topological polar surface area (TPSA) is 110 Å². The van der Waals surface area contributed by atoms with Gasteiger partial charge in [-0.2, -0.15) is 18.2 Å². The van der Waals surface area contributed by atoms with Gasteiger partial charge in [0.15, 0.2) is 5.69 Å². The number of likely N-dealkylation sites (tertiary alicyclic amines) is 1. The van der Waals surface area contributed by atoms with Crippen LogP contribution < -0.4 is 5.32 Å². The molecule has 12 heteroatoms. The quantitative estimate of drug-likeness (QED) is 0.706. The number of alkyl halides is 3. The van der Waals surface area contributed by atoms with Gasteiger partial charge in [0.05, 0.1) is 0 Å². The van der Waals surface area contributed by atoms with Crippen molar-refractivity contribution in [3.05, 3.63) is 42.0 Å². The molecule has 152 valence electrons. The maximum Gasteiger partial charge on any atom is 0.436 e. The molecule has 1 saturated heterocycles. The van der Waals surface area contributed by atoms with Crippen molar-refractivity contribution in [1.29, 1.82) is 0 Å². The SMILES string of the molecule is O=C(Nc1cc(C(F)(F)F)no1)N1CCC(c2nc(-c3ccccn3)no2)CC1. The minimum atomic E-state index is -4.64. The predicted molar refractivity (Wildman–Crippen MR) is 91.6 cm³/mol. The van der Waals surface area contributed by atoms with Gasteiger partial charge >= 0.3 is 12.2 Å². The van der Waals surface area contributed by atoms with Crippen molar-refractivity contribution < 1.29 is 27.0 Å². The van der Waals surface area contributed by atoms with E-state index in [1.54, 1.807) is 18.3 Å². The molecule has 0 bridgehead atoms. The number of hydrogen-bond donors (Lipinski definition) is 1. The third-order valence-electron chi connectivity index (χ3n) is 4.50. The van der Waals surface area contributed by atoms with Gasteiger partial charge in [0.25, 0.3) is 0 Å². The number of nitrogens with one attached hydrogen (secondary N) is 1. The Labute approximate surface area is 161 Å². The zero-order valence-electron chi connectivity index (χ0n) is 14.9. The lowest BCUT2D eigenvalue weighted by molar-refractivity contribution is -0.142. The fourth-order valence-corrected chi connectivity index (χ4v) is 2.98. The van der Waals surface area contributed by atoms with Crippen molar-refractivity contribution in [2.24, 2.45) is 0 Å². The molecule has 1 fully saturated rings. The van der Waals surface area contributed by atoms with Crippen LogP contribution in [-0.4, -0.2) is 44.3 Å². The number of rotatable bonds is 3. The number of urea groups is 1. The summed E-state index contributed by atoms with van der Waals surface area (Å²) in [7, 11) is 0. The second-order valence-corrected chi connectivity index (χ2v) is 6.44. The van der Waals surface area contributed by atoms with Crippen LogP contribution in [0.15, 0.2) is 39.5 Å². The first kappa shape index (κ1) is 18.9. The highest BCUT2D eigenvalue weighted by Crippen LogP contribution is 2.31. The Bertz CT molecular complexity index is 980. The summed E-state index contributed by atoms with van der Waals surface area (Å²) in [6, 6.07) is 5.46. The zero-order chi connectivity index (χ0) is 20.4. The highest BCUT2D eigenvalue weighted by atomic mass is 19.4. The Morgan fingerprint density at radius 3 is 2.62 bits per heavy atom. The number of halogens is 3. The number of aromatic nitrogens is 4. The van der Waals surface area contributed by atoms with E-state index in [2.05, 4.69) is 30.1 Å². The lowest BCUT2D eigenvalue weighted by Crippen LogP contribution is -2.40. The van der Waals surface area contributed by atoms with Crippen LogP contribution in [0.2, 0.25) is 0 Å². The van der Waals surface area contributed by atoms with Crippen molar-refractivity contribution in [3.63, 3.8) is 0 Å². The van der Waals surface area contributed by atoms with Crippen LogP contribution in [0.1, 0.15) is 30.3 Å². The highest BCUT2D eigenvalue weighted by Gasteiger charge is 2.35. The van der Waals surface area contributed by atoms with E-state index in [1.807, 2.05) is 6.07 Å². The molecular weight excluding hydrogens is 393 g/mol. The van der Waals surface area contributed by atoms with E-state index in [4.69, 9.17) is 4.52 Å². The van der Waals surface area contributed by atoms with Gasteiger partial charge in [-0.15, -0.1) is 0 Å². The van der Waals surface area contributed by atoms with Gasteiger partial charge in [0, 0.05) is 31.3 Å². The van der Waals surface area contributed by atoms with Crippen LogP contribution >= 0.6 is 0 Å². The van der Waals surface area contributed by atoms with Crippen LogP contribution in [0.4, 0.5) is 23.8 Å². The van der Waals surface area contributed by atoms with Crippen molar-refractivity contribution >= 4 is 11.9 Å². The maximum absolute atomic E-state index is 12.5. The first-order valence-electron chi connectivity index (χ1n) is 8.75. The molecular formula is C17H15F3N6O3. The predicted octanol–water partition coefficient (Wildman–Crippen LogP) is 3.55. The first-order chi connectivity index (χ1) is 13.9. The largest absolute Gasteiger partial charge is 0.436 e. The molecule has 0 radical (unpaired) electrons. The number of piperidine rings is 1. The molecule has 2 amide bonds. The molecule has 0 atom stereocenters. The number of anilines is 1. The van der Waals surface area contributed by atoms with Gasteiger partial charge in [0.2, 0.25) is 17.6 Å². The third-order valence-corrected chi connectivity index (χ3v) is 4.50. The molecule has 1 aliphatic rings. The van der Waals surface area contributed by atoms with E-state index in [-0.39, 0.29) is 11.8 Å². The Balaban J connectivity index is 1.33. The van der Waals surface area contributed by atoms with Crippen LogP contribution in [0.5, 0.6) is 0 Å². The fourth-order valence-electron chi connectivity index (χ4n) is 2.98. The van der Waals surface area contributed by atoms with E-state index >= 15 is 0 Å². The Hall–Kier alpha value is -3.44. The van der Waals surface area contributed by atoms with Crippen molar-refractivity contribution in [2.45, 2.75) is 24.9 Å². The molecule has 1 N–H and O–H groups in total. The average molecular weight is 408 g/mol. The van der Waals surface area contributed by atoms with Crippen LogP contribution in [0.25, 0.3) is 11.5 Å². The summed E-state index contributed by atoms with van der Waals surface area (Å²) < 4.78 is 47.5. The van der Waals surface area contributed by atoms with Crippen molar-refractivity contribution in [2.75, 3.05) is 18.4 Å². The first-order valence-corrected chi connectivity index (χ1v) is 8.75. The van der Waals surface area contributed by atoms with E-state index in [0.29, 0.717) is 49.4 Å². The molecule has 3 aromatic rings. The number of nitrogens with zero attached hydrogens (tertiary/aromatic N) is 5. The summed E-state index contributed by atoms with van der Waals surface area (Å²) in [5, 5.41) is 9.12. The minimum absolute atomic E-state index is 0.0221. The number of amides is 2. The third kappa shape index (κ3) is 4.20. The van der Waals surface area contributed by atoms with Crippen LogP contribution in [0, 0.1) is 0 Å². The van der Waals surface area contributed by atoms with Crippen LogP contribution in [-0.2, 0) is 6.18 Å². The standard InChI is InChI=1S/C17H15F3N6O3/c18-17(19,20)12-9-13(28-24-12)22-16(27)26-7-4-10(5-8-26)15-23-14(25-29-15)11-3-1-2-6-21-11/h1-3,6,9-10H,4-5,7-8H2,(H,22,27). The van der Waals surface area contributed by atoms with Gasteiger partial charge in [-0.05, 0) is 25.0 Å².